The van der Waals surface area contributed by atoms with E-state index in [0.29, 0.717) is 31.5 Å². The molecule has 0 bridgehead atoms. The Morgan fingerprint density at radius 3 is 2.80 bits per heavy atom. The van der Waals surface area contributed by atoms with E-state index in [9.17, 15) is 18.0 Å². The van der Waals surface area contributed by atoms with Crippen LogP contribution in [0.2, 0.25) is 0 Å². The first kappa shape index (κ1) is 17.4. The number of hydrogen-bond donors (Lipinski definition) is 1. The van der Waals surface area contributed by atoms with Crippen molar-refractivity contribution in [2.75, 3.05) is 6.54 Å². The Hall–Kier alpha value is -2.42. The summed E-state index contributed by atoms with van der Waals surface area (Å²) >= 11 is 0. The number of fused-ring (bicyclic) bond motifs is 1. The zero-order valence-electron chi connectivity index (χ0n) is 13.7. The van der Waals surface area contributed by atoms with Gasteiger partial charge in [0.1, 0.15) is 11.6 Å². The van der Waals surface area contributed by atoms with Gasteiger partial charge in [-0.25, -0.2) is 13.2 Å². The lowest BCUT2D eigenvalue weighted by molar-refractivity contribution is -0.133. The van der Waals surface area contributed by atoms with Gasteiger partial charge >= 0.3 is 0 Å². The van der Waals surface area contributed by atoms with Crippen molar-refractivity contribution in [1.29, 1.82) is 0 Å². The standard InChI is InChI=1S/C16H18F3N5O/c1-9-21-22-14-8-23(2-3-24(9)14)15(25)7-12(20)5-10-4-11(17)6-13(18)16(10)19/h4,6,12H,2-3,5,7-8,20H2,1H3. The third-order valence-electron chi connectivity index (χ3n) is 4.28. The SMILES string of the molecule is Cc1nnc2n1CCN(C(=O)CC(N)Cc1cc(F)cc(F)c1F)C2. The first-order chi connectivity index (χ1) is 11.8. The molecular weight excluding hydrogens is 335 g/mol. The summed E-state index contributed by atoms with van der Waals surface area (Å²) in [5.41, 5.74) is 5.71. The maximum Gasteiger partial charge on any atom is 0.224 e. The molecule has 25 heavy (non-hydrogen) atoms. The molecule has 0 saturated carbocycles. The molecule has 9 heteroatoms. The molecule has 3 rings (SSSR count). The molecule has 0 saturated heterocycles. The Morgan fingerprint density at radius 1 is 1.28 bits per heavy atom. The minimum atomic E-state index is -1.26. The molecule has 1 amide bonds. The fraction of sp³-hybridized carbons (Fsp3) is 0.438. The van der Waals surface area contributed by atoms with Gasteiger partial charge in [0.05, 0.1) is 6.54 Å². The molecule has 2 aromatic rings. The van der Waals surface area contributed by atoms with E-state index in [0.717, 1.165) is 11.9 Å². The van der Waals surface area contributed by atoms with E-state index in [1.54, 1.807) is 4.90 Å². The lowest BCUT2D eigenvalue weighted by Gasteiger charge is -2.28. The van der Waals surface area contributed by atoms with Gasteiger partial charge in [-0.05, 0) is 25.0 Å². The van der Waals surface area contributed by atoms with Crippen molar-refractivity contribution >= 4 is 5.91 Å². The predicted molar refractivity (Wildman–Crippen MR) is 82.8 cm³/mol. The lowest BCUT2D eigenvalue weighted by Crippen LogP contribution is -2.41. The molecule has 1 unspecified atom stereocenters. The minimum absolute atomic E-state index is 0.0509. The van der Waals surface area contributed by atoms with E-state index in [2.05, 4.69) is 10.2 Å². The monoisotopic (exact) mass is 353 g/mol. The summed E-state index contributed by atoms with van der Waals surface area (Å²) in [6, 6.07) is 0.626. The number of nitrogens with zero attached hydrogens (tertiary/aromatic N) is 4. The number of nitrogens with two attached hydrogens (primary N) is 1. The smallest absolute Gasteiger partial charge is 0.224 e. The highest BCUT2D eigenvalue weighted by Crippen LogP contribution is 2.18. The molecule has 6 nitrogen and oxygen atoms in total. The molecule has 2 heterocycles. The summed E-state index contributed by atoms with van der Waals surface area (Å²) < 4.78 is 42.1. The third-order valence-corrected chi connectivity index (χ3v) is 4.28. The van der Waals surface area contributed by atoms with Crippen LogP contribution in [0.1, 0.15) is 23.6 Å². The van der Waals surface area contributed by atoms with Crippen molar-refractivity contribution in [3.8, 4) is 0 Å². The van der Waals surface area contributed by atoms with Gasteiger partial charge in [-0.2, -0.15) is 0 Å². The van der Waals surface area contributed by atoms with Crippen LogP contribution in [-0.4, -0.2) is 38.2 Å². The Balaban J connectivity index is 1.62. The molecule has 1 atom stereocenters. The van der Waals surface area contributed by atoms with Gasteiger partial charge in [-0.1, -0.05) is 0 Å². The van der Waals surface area contributed by atoms with Crippen LogP contribution in [-0.2, 0) is 24.3 Å². The van der Waals surface area contributed by atoms with Crippen LogP contribution in [0.5, 0.6) is 0 Å². The molecule has 1 aliphatic rings. The second-order valence-corrected chi connectivity index (χ2v) is 6.16. The lowest BCUT2D eigenvalue weighted by atomic mass is 10.0. The number of carbonyl (C=O) groups excluding carboxylic acids is 1. The van der Waals surface area contributed by atoms with E-state index in [1.807, 2.05) is 11.5 Å². The number of hydrogen-bond acceptors (Lipinski definition) is 4. The second-order valence-electron chi connectivity index (χ2n) is 6.16. The number of aromatic nitrogens is 3. The average Bonchev–Trinajstić information content (AvgIpc) is 2.92. The van der Waals surface area contributed by atoms with Crippen LogP contribution in [0.15, 0.2) is 12.1 Å². The van der Waals surface area contributed by atoms with Gasteiger partial charge in [-0.15, -0.1) is 10.2 Å². The molecule has 1 aromatic heterocycles. The summed E-state index contributed by atoms with van der Waals surface area (Å²) in [5.74, 6) is -1.99. The normalized spacial score (nSPS) is 15.2. The van der Waals surface area contributed by atoms with E-state index < -0.39 is 23.5 Å². The average molecular weight is 353 g/mol. The summed E-state index contributed by atoms with van der Waals surface area (Å²) in [6.45, 7) is 3.27. The second kappa shape index (κ2) is 6.83. The van der Waals surface area contributed by atoms with Crippen LogP contribution in [0.3, 0.4) is 0 Å². The number of carbonyl (C=O) groups is 1. The number of rotatable bonds is 4. The Morgan fingerprint density at radius 2 is 2.04 bits per heavy atom. The molecule has 0 spiro atoms. The van der Waals surface area contributed by atoms with Crippen molar-refractivity contribution in [3.05, 3.63) is 46.8 Å². The Labute approximate surface area is 142 Å². The molecule has 1 aliphatic heterocycles. The molecule has 2 N–H and O–H groups in total. The highest BCUT2D eigenvalue weighted by atomic mass is 19.2. The van der Waals surface area contributed by atoms with Gasteiger partial charge in [0.15, 0.2) is 17.5 Å². The zero-order valence-corrected chi connectivity index (χ0v) is 13.7. The summed E-state index contributed by atoms with van der Waals surface area (Å²) in [6.07, 6.45) is -0.180. The van der Waals surface area contributed by atoms with Crippen LogP contribution in [0.4, 0.5) is 13.2 Å². The first-order valence-corrected chi connectivity index (χ1v) is 7.90. The quantitative estimate of drug-likeness (QED) is 0.841. The van der Waals surface area contributed by atoms with Crippen LogP contribution >= 0.6 is 0 Å². The maximum atomic E-state index is 13.7. The summed E-state index contributed by atoms with van der Waals surface area (Å²) in [7, 11) is 0. The van der Waals surface area contributed by atoms with E-state index in [-0.39, 0.29) is 24.3 Å². The molecule has 0 aliphatic carbocycles. The molecule has 1 aromatic carbocycles. The number of amides is 1. The maximum absolute atomic E-state index is 13.7. The number of benzene rings is 1. The van der Waals surface area contributed by atoms with Crippen molar-refractivity contribution in [2.24, 2.45) is 5.73 Å². The minimum Gasteiger partial charge on any atom is -0.333 e. The molecular formula is C16H18F3N5O. The molecule has 0 fully saturated rings. The zero-order chi connectivity index (χ0) is 18.1. The van der Waals surface area contributed by atoms with Crippen LogP contribution < -0.4 is 5.73 Å². The highest BCUT2D eigenvalue weighted by molar-refractivity contribution is 5.76. The van der Waals surface area contributed by atoms with E-state index in [1.165, 1.54) is 0 Å². The van der Waals surface area contributed by atoms with Gasteiger partial charge in [0, 0.05) is 31.6 Å². The molecule has 0 radical (unpaired) electrons. The molecule has 134 valence electrons. The summed E-state index contributed by atoms with van der Waals surface area (Å²) in [5, 5.41) is 7.99. The number of aryl methyl sites for hydroxylation is 1. The van der Waals surface area contributed by atoms with Gasteiger partial charge < -0.3 is 15.2 Å². The fourth-order valence-electron chi connectivity index (χ4n) is 2.98. The Kier molecular flexibility index (Phi) is 4.76. The Bertz CT molecular complexity index is 807. The van der Waals surface area contributed by atoms with Crippen molar-refractivity contribution in [1.82, 2.24) is 19.7 Å². The van der Waals surface area contributed by atoms with Crippen molar-refractivity contribution in [2.45, 2.75) is 38.9 Å². The van der Waals surface area contributed by atoms with E-state index in [4.69, 9.17) is 5.73 Å². The van der Waals surface area contributed by atoms with Crippen LogP contribution in [0.25, 0.3) is 0 Å². The van der Waals surface area contributed by atoms with Gasteiger partial charge in [-0.3, -0.25) is 4.79 Å². The van der Waals surface area contributed by atoms with Crippen molar-refractivity contribution < 1.29 is 18.0 Å². The van der Waals surface area contributed by atoms with E-state index >= 15 is 0 Å². The van der Waals surface area contributed by atoms with Gasteiger partial charge in [0.25, 0.3) is 0 Å². The van der Waals surface area contributed by atoms with Gasteiger partial charge in [0.2, 0.25) is 5.91 Å². The highest BCUT2D eigenvalue weighted by Gasteiger charge is 2.25. The van der Waals surface area contributed by atoms with Crippen molar-refractivity contribution in [3.63, 3.8) is 0 Å². The van der Waals surface area contributed by atoms with Crippen LogP contribution in [0, 0.1) is 24.4 Å². The topological polar surface area (TPSA) is 77.0 Å². The predicted octanol–water partition coefficient (Wildman–Crippen LogP) is 1.31. The third kappa shape index (κ3) is 3.65. The first-order valence-electron chi connectivity index (χ1n) is 7.90. The summed E-state index contributed by atoms with van der Waals surface area (Å²) in [4.78, 5) is 14.0. The largest absolute Gasteiger partial charge is 0.333 e. The number of halogens is 3. The fourth-order valence-corrected chi connectivity index (χ4v) is 2.98.